The van der Waals surface area contributed by atoms with Gasteiger partial charge in [-0.1, -0.05) is 65.7 Å². The molecular weight excluding hydrogens is 519 g/mol. The molecular formula is C27H22Cl2N2O4S. The van der Waals surface area contributed by atoms with Gasteiger partial charge in [0.2, 0.25) is 0 Å². The second kappa shape index (κ2) is 11.0. The number of hydrogen-bond acceptors (Lipinski definition) is 4. The first-order valence-electron chi connectivity index (χ1n) is 10.9. The zero-order chi connectivity index (χ0) is 25.7. The van der Waals surface area contributed by atoms with E-state index in [1.807, 2.05) is 30.3 Å². The summed E-state index contributed by atoms with van der Waals surface area (Å²) >= 11 is 12.1. The molecule has 0 heterocycles. The van der Waals surface area contributed by atoms with E-state index in [2.05, 4.69) is 5.32 Å². The molecule has 0 saturated carbocycles. The Morgan fingerprint density at radius 2 is 1.53 bits per heavy atom. The molecule has 36 heavy (non-hydrogen) atoms. The van der Waals surface area contributed by atoms with Gasteiger partial charge in [-0.25, -0.2) is 8.42 Å². The third-order valence-electron chi connectivity index (χ3n) is 5.41. The molecule has 0 saturated heterocycles. The van der Waals surface area contributed by atoms with Crippen LogP contribution in [0.4, 0.5) is 11.4 Å². The number of carbonyl (C=O) groups excluding carboxylic acids is 1. The van der Waals surface area contributed by atoms with Crippen LogP contribution >= 0.6 is 23.2 Å². The summed E-state index contributed by atoms with van der Waals surface area (Å²) in [6.07, 6.45) is 0. The number of carbonyl (C=O) groups is 1. The number of amides is 1. The van der Waals surface area contributed by atoms with Gasteiger partial charge in [-0.2, -0.15) is 0 Å². The summed E-state index contributed by atoms with van der Waals surface area (Å²) < 4.78 is 34.1. The van der Waals surface area contributed by atoms with Crippen molar-refractivity contribution in [3.8, 4) is 5.75 Å². The zero-order valence-electron chi connectivity index (χ0n) is 19.2. The maximum atomic E-state index is 13.9. The number of sulfonamides is 1. The third-order valence-corrected chi connectivity index (χ3v) is 7.92. The number of benzene rings is 4. The summed E-state index contributed by atoms with van der Waals surface area (Å²) in [5.41, 5.74) is 1.59. The molecule has 4 rings (SSSR count). The topological polar surface area (TPSA) is 75.7 Å². The van der Waals surface area contributed by atoms with Gasteiger partial charge in [-0.15, -0.1) is 0 Å². The second-order valence-corrected chi connectivity index (χ2v) is 10.4. The summed E-state index contributed by atoms with van der Waals surface area (Å²) in [5, 5.41) is 3.42. The maximum absolute atomic E-state index is 13.9. The van der Waals surface area contributed by atoms with Crippen LogP contribution in [0, 0.1) is 0 Å². The number of rotatable bonds is 8. The van der Waals surface area contributed by atoms with Crippen LogP contribution in [0.25, 0.3) is 0 Å². The molecule has 9 heteroatoms. The fraction of sp³-hybridized carbons (Fsp3) is 0.0741. The zero-order valence-corrected chi connectivity index (χ0v) is 21.5. The molecule has 0 bridgehead atoms. The number of nitrogens with one attached hydrogen (secondary N) is 1. The second-order valence-electron chi connectivity index (χ2n) is 7.77. The lowest BCUT2D eigenvalue weighted by molar-refractivity contribution is 0.102. The number of ether oxygens (including phenoxy) is 1. The Kier molecular flexibility index (Phi) is 7.84. The highest BCUT2D eigenvalue weighted by Gasteiger charge is 2.29. The molecule has 4 aromatic rings. The molecule has 0 atom stereocenters. The van der Waals surface area contributed by atoms with Gasteiger partial charge in [0.1, 0.15) is 5.75 Å². The summed E-state index contributed by atoms with van der Waals surface area (Å²) in [6.45, 7) is 0.0201. The van der Waals surface area contributed by atoms with Crippen LogP contribution in [-0.2, 0) is 16.6 Å². The largest absolute Gasteiger partial charge is 0.497 e. The van der Waals surface area contributed by atoms with Crippen molar-refractivity contribution in [1.29, 1.82) is 0 Å². The van der Waals surface area contributed by atoms with E-state index in [1.54, 1.807) is 48.5 Å². The molecule has 0 fully saturated rings. The monoisotopic (exact) mass is 540 g/mol. The van der Waals surface area contributed by atoms with Crippen molar-refractivity contribution in [1.82, 2.24) is 0 Å². The van der Waals surface area contributed by atoms with E-state index in [9.17, 15) is 13.2 Å². The number of halogens is 2. The highest BCUT2D eigenvalue weighted by Crippen LogP contribution is 2.31. The first-order chi connectivity index (χ1) is 17.3. The van der Waals surface area contributed by atoms with Crippen molar-refractivity contribution in [3.63, 3.8) is 0 Å². The lowest BCUT2D eigenvalue weighted by Gasteiger charge is -2.26. The van der Waals surface area contributed by atoms with E-state index in [0.29, 0.717) is 16.5 Å². The van der Waals surface area contributed by atoms with E-state index in [4.69, 9.17) is 27.9 Å². The number of hydrogen-bond donors (Lipinski definition) is 1. The summed E-state index contributed by atoms with van der Waals surface area (Å²) in [5.74, 6) is 0.0388. The molecule has 0 radical (unpaired) electrons. The van der Waals surface area contributed by atoms with Gasteiger partial charge >= 0.3 is 0 Å². The highest BCUT2D eigenvalue weighted by atomic mass is 35.5. The molecule has 0 unspecified atom stereocenters. The number of nitrogens with zero attached hydrogens (tertiary/aromatic N) is 1. The van der Waals surface area contributed by atoms with E-state index in [-0.39, 0.29) is 27.7 Å². The predicted molar refractivity (Wildman–Crippen MR) is 144 cm³/mol. The van der Waals surface area contributed by atoms with Crippen LogP contribution in [0.3, 0.4) is 0 Å². The highest BCUT2D eigenvalue weighted by molar-refractivity contribution is 7.92. The Labute approximate surface area is 220 Å². The minimum atomic E-state index is -4.06. The summed E-state index contributed by atoms with van der Waals surface area (Å²) in [4.78, 5) is 13.4. The molecule has 0 aliphatic carbocycles. The first kappa shape index (κ1) is 25.6. The van der Waals surface area contributed by atoms with Crippen molar-refractivity contribution < 1.29 is 17.9 Å². The van der Waals surface area contributed by atoms with E-state index < -0.39 is 15.9 Å². The number of methoxy groups -OCH3 is 1. The lowest BCUT2D eigenvalue weighted by Crippen LogP contribution is -2.32. The average Bonchev–Trinajstić information content (AvgIpc) is 2.90. The fourth-order valence-electron chi connectivity index (χ4n) is 3.58. The SMILES string of the molecule is COc1ccc(S(=O)(=O)N(Cc2ccccc2)c2ccccc2C(=O)Nc2ccc(Cl)c(Cl)c2)cc1. The number of anilines is 2. The van der Waals surface area contributed by atoms with Crippen molar-refractivity contribution >= 4 is 50.5 Å². The minimum absolute atomic E-state index is 0.0201. The van der Waals surface area contributed by atoms with E-state index in [0.717, 1.165) is 5.56 Å². The van der Waals surface area contributed by atoms with Crippen LogP contribution in [-0.4, -0.2) is 21.4 Å². The Balaban J connectivity index is 1.77. The van der Waals surface area contributed by atoms with Gasteiger partial charge in [0.15, 0.2) is 0 Å². The summed E-state index contributed by atoms with van der Waals surface area (Å²) in [6, 6.07) is 26.5. The van der Waals surface area contributed by atoms with E-state index in [1.165, 1.54) is 29.6 Å². The molecule has 1 N–H and O–H groups in total. The smallest absolute Gasteiger partial charge is 0.264 e. The lowest BCUT2D eigenvalue weighted by atomic mass is 10.1. The third kappa shape index (κ3) is 5.65. The van der Waals surface area contributed by atoms with Gasteiger partial charge < -0.3 is 10.1 Å². The molecule has 0 aliphatic rings. The molecule has 0 spiro atoms. The van der Waals surface area contributed by atoms with Gasteiger partial charge in [0.05, 0.1) is 39.8 Å². The van der Waals surface area contributed by atoms with E-state index >= 15 is 0 Å². The minimum Gasteiger partial charge on any atom is -0.497 e. The maximum Gasteiger partial charge on any atom is 0.264 e. The molecule has 1 amide bonds. The average molecular weight is 541 g/mol. The van der Waals surface area contributed by atoms with Crippen molar-refractivity contribution in [2.45, 2.75) is 11.4 Å². The van der Waals surface area contributed by atoms with Gasteiger partial charge in [-0.3, -0.25) is 9.10 Å². The first-order valence-corrected chi connectivity index (χ1v) is 13.1. The Bertz CT molecular complexity index is 1480. The molecule has 0 aromatic heterocycles. The quantitative estimate of drug-likeness (QED) is 0.271. The number of para-hydroxylation sites is 1. The standard InChI is InChI=1S/C27H22Cl2N2O4S/c1-35-21-12-14-22(15-13-21)36(33,34)31(18-19-7-3-2-4-8-19)26-10-6-5-9-23(26)27(32)30-20-11-16-24(28)25(29)17-20/h2-17H,18H2,1H3,(H,30,32). The molecule has 184 valence electrons. The molecule has 4 aromatic carbocycles. The van der Waals surface area contributed by atoms with Crippen molar-refractivity contribution in [2.24, 2.45) is 0 Å². The Morgan fingerprint density at radius 1 is 0.861 bits per heavy atom. The van der Waals surface area contributed by atoms with Crippen LogP contribution in [0.1, 0.15) is 15.9 Å². The van der Waals surface area contributed by atoms with Crippen LogP contribution in [0.15, 0.2) is 102 Å². The van der Waals surface area contributed by atoms with Gasteiger partial charge in [0, 0.05) is 5.69 Å². The van der Waals surface area contributed by atoms with Crippen molar-refractivity contribution in [3.05, 3.63) is 118 Å². The summed E-state index contributed by atoms with van der Waals surface area (Å²) in [7, 11) is -2.55. The fourth-order valence-corrected chi connectivity index (χ4v) is 5.35. The van der Waals surface area contributed by atoms with Crippen LogP contribution in [0.2, 0.25) is 10.0 Å². The van der Waals surface area contributed by atoms with Crippen LogP contribution < -0.4 is 14.4 Å². The molecule has 0 aliphatic heterocycles. The Morgan fingerprint density at radius 3 is 2.19 bits per heavy atom. The molecule has 6 nitrogen and oxygen atoms in total. The Hall–Kier alpha value is -3.52. The predicted octanol–water partition coefficient (Wildman–Crippen LogP) is 6.65. The van der Waals surface area contributed by atoms with Gasteiger partial charge in [-0.05, 0) is 60.2 Å². The van der Waals surface area contributed by atoms with Crippen molar-refractivity contribution in [2.75, 3.05) is 16.7 Å². The van der Waals surface area contributed by atoms with Gasteiger partial charge in [0.25, 0.3) is 15.9 Å². The van der Waals surface area contributed by atoms with Crippen LogP contribution in [0.5, 0.6) is 5.75 Å². The normalized spacial score (nSPS) is 11.1.